The molecule has 0 saturated carbocycles. The first-order valence-electron chi connectivity index (χ1n) is 8.81. The summed E-state index contributed by atoms with van der Waals surface area (Å²) in [6, 6.07) is 16.4. The Kier molecular flexibility index (Phi) is 4.64. The number of urea groups is 1. The lowest BCUT2D eigenvalue weighted by Crippen LogP contribution is -2.42. The molecular weight excluding hydrogens is 334 g/mol. The highest BCUT2D eigenvalue weighted by molar-refractivity contribution is 6.30. The molecule has 2 aliphatic heterocycles. The zero-order valence-corrected chi connectivity index (χ0v) is 14.9. The molecule has 0 bridgehead atoms. The molecule has 5 heteroatoms. The number of halogens is 1. The van der Waals surface area contributed by atoms with E-state index in [2.05, 4.69) is 34.5 Å². The number of likely N-dealkylation sites (tertiary alicyclic amines) is 1. The van der Waals surface area contributed by atoms with Crippen molar-refractivity contribution < 1.29 is 4.79 Å². The SMILES string of the molecule is O=C(Nc1cccc(Cl)c1)N1CCC(N2CCc3ccccc3C2)C1. The molecule has 25 heavy (non-hydrogen) atoms. The third-order valence-electron chi connectivity index (χ3n) is 5.20. The van der Waals surface area contributed by atoms with Crippen molar-refractivity contribution in [1.82, 2.24) is 9.80 Å². The van der Waals surface area contributed by atoms with Crippen LogP contribution in [-0.4, -0.2) is 41.5 Å². The van der Waals surface area contributed by atoms with E-state index in [-0.39, 0.29) is 6.03 Å². The van der Waals surface area contributed by atoms with Gasteiger partial charge in [-0.25, -0.2) is 4.79 Å². The quantitative estimate of drug-likeness (QED) is 0.883. The average Bonchev–Trinajstić information content (AvgIpc) is 3.12. The predicted molar refractivity (Wildman–Crippen MR) is 101 cm³/mol. The van der Waals surface area contributed by atoms with Crippen LogP contribution in [0.25, 0.3) is 0 Å². The van der Waals surface area contributed by atoms with E-state index < -0.39 is 0 Å². The van der Waals surface area contributed by atoms with Crippen molar-refractivity contribution in [2.75, 3.05) is 25.0 Å². The number of hydrogen-bond acceptors (Lipinski definition) is 2. The number of hydrogen-bond donors (Lipinski definition) is 1. The highest BCUT2D eigenvalue weighted by Crippen LogP contribution is 2.25. The summed E-state index contributed by atoms with van der Waals surface area (Å²) >= 11 is 5.98. The number of amides is 2. The Bertz CT molecular complexity index is 779. The van der Waals surface area contributed by atoms with Gasteiger partial charge in [0.05, 0.1) is 0 Å². The monoisotopic (exact) mass is 355 g/mol. The first-order chi connectivity index (χ1) is 12.2. The molecule has 0 spiro atoms. The van der Waals surface area contributed by atoms with Gasteiger partial charge in [-0.15, -0.1) is 0 Å². The summed E-state index contributed by atoms with van der Waals surface area (Å²) in [5.74, 6) is 0. The summed E-state index contributed by atoms with van der Waals surface area (Å²) in [6.07, 6.45) is 2.13. The molecule has 130 valence electrons. The Morgan fingerprint density at radius 2 is 1.92 bits per heavy atom. The van der Waals surface area contributed by atoms with Crippen LogP contribution in [0.5, 0.6) is 0 Å². The van der Waals surface area contributed by atoms with E-state index in [1.54, 1.807) is 12.1 Å². The fourth-order valence-corrected chi connectivity index (χ4v) is 4.01. The van der Waals surface area contributed by atoms with E-state index in [1.807, 2.05) is 17.0 Å². The van der Waals surface area contributed by atoms with Crippen LogP contribution in [0.15, 0.2) is 48.5 Å². The van der Waals surface area contributed by atoms with E-state index in [4.69, 9.17) is 11.6 Å². The number of carbonyl (C=O) groups excluding carboxylic acids is 1. The van der Waals surface area contributed by atoms with Gasteiger partial charge in [0, 0.05) is 42.9 Å². The van der Waals surface area contributed by atoms with Crippen LogP contribution in [0, 0.1) is 0 Å². The van der Waals surface area contributed by atoms with E-state index in [0.717, 1.165) is 44.7 Å². The normalized spacial score (nSPS) is 20.4. The Labute approximate surface area is 153 Å². The molecule has 1 unspecified atom stereocenters. The summed E-state index contributed by atoms with van der Waals surface area (Å²) in [4.78, 5) is 16.9. The maximum absolute atomic E-state index is 12.5. The Morgan fingerprint density at radius 1 is 1.08 bits per heavy atom. The first kappa shape index (κ1) is 16.4. The highest BCUT2D eigenvalue weighted by atomic mass is 35.5. The molecule has 4 nitrogen and oxygen atoms in total. The minimum absolute atomic E-state index is 0.0397. The summed E-state index contributed by atoms with van der Waals surface area (Å²) in [7, 11) is 0. The molecule has 2 aromatic carbocycles. The molecule has 2 aromatic rings. The van der Waals surface area contributed by atoms with Gasteiger partial charge in [-0.05, 0) is 42.2 Å². The lowest BCUT2D eigenvalue weighted by atomic mass is 9.98. The fourth-order valence-electron chi connectivity index (χ4n) is 3.82. The maximum atomic E-state index is 12.5. The van der Waals surface area contributed by atoms with Crippen molar-refractivity contribution in [3.8, 4) is 0 Å². The molecule has 0 aliphatic carbocycles. The van der Waals surface area contributed by atoms with Crippen LogP contribution < -0.4 is 5.32 Å². The lowest BCUT2D eigenvalue weighted by Gasteiger charge is -2.33. The Hall–Kier alpha value is -2.04. The third kappa shape index (κ3) is 3.65. The van der Waals surface area contributed by atoms with Crippen molar-refractivity contribution in [3.05, 3.63) is 64.7 Å². The molecule has 0 aromatic heterocycles. The van der Waals surface area contributed by atoms with Crippen LogP contribution in [0.4, 0.5) is 10.5 Å². The standard InChI is InChI=1S/C20H22ClN3O/c21-17-6-3-7-18(12-17)22-20(25)24-11-9-19(14-24)23-10-8-15-4-1-2-5-16(15)13-23/h1-7,12,19H,8-11,13-14H2,(H,22,25). The van der Waals surface area contributed by atoms with Gasteiger partial charge in [0.2, 0.25) is 0 Å². The maximum Gasteiger partial charge on any atom is 0.321 e. The van der Waals surface area contributed by atoms with Gasteiger partial charge in [-0.2, -0.15) is 0 Å². The Balaban J connectivity index is 1.36. The molecule has 1 atom stereocenters. The van der Waals surface area contributed by atoms with Crippen LogP contribution in [0.2, 0.25) is 5.02 Å². The topological polar surface area (TPSA) is 35.6 Å². The minimum Gasteiger partial charge on any atom is -0.323 e. The van der Waals surface area contributed by atoms with Gasteiger partial charge in [-0.1, -0.05) is 41.9 Å². The largest absolute Gasteiger partial charge is 0.323 e. The van der Waals surface area contributed by atoms with E-state index in [1.165, 1.54) is 11.1 Å². The first-order valence-corrected chi connectivity index (χ1v) is 9.19. The highest BCUT2D eigenvalue weighted by Gasteiger charge is 2.32. The van der Waals surface area contributed by atoms with Crippen molar-refractivity contribution in [1.29, 1.82) is 0 Å². The van der Waals surface area contributed by atoms with Gasteiger partial charge in [0.25, 0.3) is 0 Å². The second-order valence-electron chi connectivity index (χ2n) is 6.82. The van der Waals surface area contributed by atoms with Gasteiger partial charge in [-0.3, -0.25) is 4.90 Å². The van der Waals surface area contributed by atoms with Gasteiger partial charge in [0.1, 0.15) is 0 Å². The number of fused-ring (bicyclic) bond motifs is 1. The molecule has 4 rings (SSSR count). The van der Waals surface area contributed by atoms with E-state index in [0.29, 0.717) is 11.1 Å². The summed E-state index contributed by atoms with van der Waals surface area (Å²) in [6.45, 7) is 3.65. The molecule has 1 N–H and O–H groups in total. The number of carbonyl (C=O) groups is 1. The molecule has 2 amide bonds. The van der Waals surface area contributed by atoms with Crippen molar-refractivity contribution in [3.63, 3.8) is 0 Å². The number of anilines is 1. The van der Waals surface area contributed by atoms with Crippen LogP contribution >= 0.6 is 11.6 Å². The average molecular weight is 356 g/mol. The third-order valence-corrected chi connectivity index (χ3v) is 5.44. The molecule has 2 aliphatic rings. The van der Waals surface area contributed by atoms with Gasteiger partial charge in [0.15, 0.2) is 0 Å². The second kappa shape index (κ2) is 7.06. The number of nitrogens with one attached hydrogen (secondary N) is 1. The van der Waals surface area contributed by atoms with Crippen LogP contribution in [0.3, 0.4) is 0 Å². The van der Waals surface area contributed by atoms with E-state index in [9.17, 15) is 4.79 Å². The van der Waals surface area contributed by atoms with Gasteiger partial charge < -0.3 is 10.2 Å². The van der Waals surface area contributed by atoms with Gasteiger partial charge >= 0.3 is 6.03 Å². The molecular formula is C20H22ClN3O. The van der Waals surface area contributed by atoms with Crippen LogP contribution in [-0.2, 0) is 13.0 Å². The molecule has 0 radical (unpaired) electrons. The molecule has 1 fully saturated rings. The van der Waals surface area contributed by atoms with Crippen molar-refractivity contribution in [2.24, 2.45) is 0 Å². The number of nitrogens with zero attached hydrogens (tertiary/aromatic N) is 2. The second-order valence-corrected chi connectivity index (χ2v) is 7.25. The lowest BCUT2D eigenvalue weighted by molar-refractivity contribution is 0.177. The van der Waals surface area contributed by atoms with Crippen molar-refractivity contribution in [2.45, 2.75) is 25.4 Å². The van der Waals surface area contributed by atoms with Crippen molar-refractivity contribution >= 4 is 23.3 Å². The smallest absolute Gasteiger partial charge is 0.321 e. The Morgan fingerprint density at radius 3 is 2.76 bits per heavy atom. The van der Waals surface area contributed by atoms with Crippen LogP contribution in [0.1, 0.15) is 17.5 Å². The minimum atomic E-state index is -0.0397. The molecule has 2 heterocycles. The van der Waals surface area contributed by atoms with E-state index >= 15 is 0 Å². The summed E-state index contributed by atoms with van der Waals surface area (Å²) in [5.41, 5.74) is 3.63. The number of rotatable bonds is 2. The zero-order chi connectivity index (χ0) is 17.2. The predicted octanol–water partition coefficient (Wildman–Crippen LogP) is 4.00. The molecule has 1 saturated heterocycles. The summed E-state index contributed by atoms with van der Waals surface area (Å²) < 4.78 is 0. The summed E-state index contributed by atoms with van der Waals surface area (Å²) in [5, 5.41) is 3.58. The fraction of sp³-hybridized carbons (Fsp3) is 0.350. The zero-order valence-electron chi connectivity index (χ0n) is 14.1. The number of benzene rings is 2.